The average molecular weight is 208 g/mol. The third-order valence-corrected chi connectivity index (χ3v) is 1.98. The van der Waals surface area contributed by atoms with Gasteiger partial charge in [-0.3, -0.25) is 14.9 Å². The van der Waals surface area contributed by atoms with Crippen molar-refractivity contribution in [2.45, 2.75) is 0 Å². The van der Waals surface area contributed by atoms with Crippen molar-refractivity contribution in [1.29, 1.82) is 0 Å². The molecule has 0 unspecified atom stereocenters. The number of nitrogens with one attached hydrogen (secondary N) is 1. The molecule has 1 aromatic heterocycles. The van der Waals surface area contributed by atoms with Crippen molar-refractivity contribution < 1.29 is 9.31 Å². The van der Waals surface area contributed by atoms with E-state index in [9.17, 15) is 19.3 Å². The molecule has 0 fully saturated rings. The van der Waals surface area contributed by atoms with Crippen molar-refractivity contribution in [1.82, 2.24) is 4.98 Å². The Bertz CT molecular complexity index is 606. The molecule has 0 aliphatic carbocycles. The van der Waals surface area contributed by atoms with E-state index in [1.807, 2.05) is 0 Å². The number of nitrogens with zero attached hydrogens (tertiary/aromatic N) is 1. The van der Waals surface area contributed by atoms with E-state index in [2.05, 4.69) is 4.98 Å². The molecule has 2 aromatic rings. The minimum atomic E-state index is -0.754. The van der Waals surface area contributed by atoms with Gasteiger partial charge in [0.25, 0.3) is 5.69 Å². The Kier molecular flexibility index (Phi) is 1.96. The summed E-state index contributed by atoms with van der Waals surface area (Å²) in [4.78, 5) is 23.2. The van der Waals surface area contributed by atoms with Gasteiger partial charge in [-0.15, -0.1) is 0 Å². The molecule has 0 aliphatic rings. The van der Waals surface area contributed by atoms with E-state index < -0.39 is 16.3 Å². The Balaban J connectivity index is 2.92. The first-order chi connectivity index (χ1) is 7.08. The van der Waals surface area contributed by atoms with Gasteiger partial charge in [-0.2, -0.15) is 0 Å². The smallest absolute Gasteiger partial charge is 0.281 e. The van der Waals surface area contributed by atoms with Crippen molar-refractivity contribution >= 4 is 16.6 Å². The lowest BCUT2D eigenvalue weighted by Gasteiger charge is -1.98. The maximum Gasteiger partial charge on any atom is 0.281 e. The summed E-state index contributed by atoms with van der Waals surface area (Å²) in [7, 11) is 0. The molecule has 76 valence electrons. The predicted molar refractivity (Wildman–Crippen MR) is 51.2 cm³/mol. The highest BCUT2D eigenvalue weighted by Gasteiger charge is 2.13. The van der Waals surface area contributed by atoms with E-state index in [0.717, 1.165) is 18.2 Å². The van der Waals surface area contributed by atoms with Crippen molar-refractivity contribution in [2.75, 3.05) is 0 Å². The number of non-ortho nitro benzene ring substituents is 1. The molecule has 1 N–H and O–H groups in total. The van der Waals surface area contributed by atoms with Gasteiger partial charge in [-0.25, -0.2) is 4.39 Å². The lowest BCUT2D eigenvalue weighted by molar-refractivity contribution is -0.383. The monoisotopic (exact) mass is 208 g/mol. The number of aromatic nitrogens is 1. The van der Waals surface area contributed by atoms with E-state index in [-0.39, 0.29) is 16.6 Å². The zero-order valence-electron chi connectivity index (χ0n) is 7.36. The SMILES string of the molecule is O=c1ccc2c([N+](=O)[O-])cc(F)cc2[nH]1. The second kappa shape index (κ2) is 3.16. The van der Waals surface area contributed by atoms with Crippen LogP contribution in [0.2, 0.25) is 0 Å². The van der Waals surface area contributed by atoms with Crippen LogP contribution in [-0.4, -0.2) is 9.91 Å². The summed E-state index contributed by atoms with van der Waals surface area (Å²) >= 11 is 0. The van der Waals surface area contributed by atoms with Gasteiger partial charge in [-0.05, 0) is 12.1 Å². The Morgan fingerprint density at radius 3 is 2.73 bits per heavy atom. The van der Waals surface area contributed by atoms with Gasteiger partial charge in [0.15, 0.2) is 0 Å². The van der Waals surface area contributed by atoms with Crippen LogP contribution in [0.1, 0.15) is 0 Å². The molecular formula is C9H5FN2O3. The Morgan fingerprint density at radius 2 is 2.07 bits per heavy atom. The highest BCUT2D eigenvalue weighted by atomic mass is 19.1. The van der Waals surface area contributed by atoms with E-state index in [0.29, 0.717) is 0 Å². The fourth-order valence-electron chi connectivity index (χ4n) is 1.37. The lowest BCUT2D eigenvalue weighted by atomic mass is 10.2. The fourth-order valence-corrected chi connectivity index (χ4v) is 1.37. The molecule has 0 bridgehead atoms. The molecule has 0 aliphatic heterocycles. The van der Waals surface area contributed by atoms with Gasteiger partial charge < -0.3 is 4.98 Å². The van der Waals surface area contributed by atoms with Crippen molar-refractivity contribution in [3.05, 3.63) is 50.6 Å². The zero-order chi connectivity index (χ0) is 11.0. The molecule has 2 rings (SSSR count). The number of pyridine rings is 1. The lowest BCUT2D eigenvalue weighted by Crippen LogP contribution is -2.03. The van der Waals surface area contributed by atoms with Crippen LogP contribution in [0.25, 0.3) is 10.9 Å². The molecule has 0 atom stereocenters. The first-order valence-corrected chi connectivity index (χ1v) is 4.05. The van der Waals surface area contributed by atoms with E-state index >= 15 is 0 Å². The van der Waals surface area contributed by atoms with Crippen molar-refractivity contribution in [2.24, 2.45) is 0 Å². The summed E-state index contributed by atoms with van der Waals surface area (Å²) in [6, 6.07) is 4.32. The van der Waals surface area contributed by atoms with Gasteiger partial charge in [0, 0.05) is 6.07 Å². The quantitative estimate of drug-likeness (QED) is 0.570. The number of aromatic amines is 1. The van der Waals surface area contributed by atoms with E-state index in [1.165, 1.54) is 6.07 Å². The average Bonchev–Trinajstić information content (AvgIpc) is 2.15. The number of nitro benzene ring substituents is 1. The summed E-state index contributed by atoms with van der Waals surface area (Å²) in [6.45, 7) is 0. The van der Waals surface area contributed by atoms with Crippen LogP contribution in [0.15, 0.2) is 29.1 Å². The van der Waals surface area contributed by atoms with Gasteiger partial charge >= 0.3 is 0 Å². The van der Waals surface area contributed by atoms with Gasteiger partial charge in [0.05, 0.1) is 21.9 Å². The topological polar surface area (TPSA) is 76.0 Å². The van der Waals surface area contributed by atoms with Gasteiger partial charge in [-0.1, -0.05) is 0 Å². The molecule has 0 saturated carbocycles. The minimum Gasteiger partial charge on any atom is -0.322 e. The van der Waals surface area contributed by atoms with Crippen LogP contribution in [0.5, 0.6) is 0 Å². The predicted octanol–water partition coefficient (Wildman–Crippen LogP) is 1.58. The van der Waals surface area contributed by atoms with Crippen LogP contribution in [0, 0.1) is 15.9 Å². The number of H-pyrrole nitrogens is 1. The summed E-state index contributed by atoms with van der Waals surface area (Å²) in [6.07, 6.45) is 0. The Hall–Kier alpha value is -2.24. The summed E-state index contributed by atoms with van der Waals surface area (Å²) in [5.74, 6) is -0.754. The molecule has 0 radical (unpaired) electrons. The fraction of sp³-hybridized carbons (Fsp3) is 0. The maximum atomic E-state index is 13.0. The highest BCUT2D eigenvalue weighted by Crippen LogP contribution is 2.24. The molecule has 0 amide bonds. The molecule has 15 heavy (non-hydrogen) atoms. The molecule has 1 aromatic carbocycles. The molecule has 0 saturated heterocycles. The standard InChI is InChI=1S/C9H5FN2O3/c10-5-3-7-6(1-2-9(13)11-7)8(4-5)12(14)15/h1-4H,(H,11,13). The third-order valence-electron chi connectivity index (χ3n) is 1.98. The number of hydrogen-bond donors (Lipinski definition) is 1. The van der Waals surface area contributed by atoms with Gasteiger partial charge in [0.1, 0.15) is 5.82 Å². The summed E-state index contributed by atoms with van der Waals surface area (Å²) < 4.78 is 13.0. The number of fused-ring (bicyclic) bond motifs is 1. The number of nitro groups is 1. The Labute approximate surface area is 82.3 Å². The third kappa shape index (κ3) is 1.56. The number of halogens is 1. The minimum absolute atomic E-state index is 0.120. The number of rotatable bonds is 1. The molecule has 6 heteroatoms. The van der Waals surface area contributed by atoms with Crippen LogP contribution < -0.4 is 5.56 Å². The molecule has 0 spiro atoms. The van der Waals surface area contributed by atoms with E-state index in [1.54, 1.807) is 0 Å². The normalized spacial score (nSPS) is 10.5. The van der Waals surface area contributed by atoms with Crippen LogP contribution in [-0.2, 0) is 0 Å². The number of benzene rings is 1. The van der Waals surface area contributed by atoms with Crippen molar-refractivity contribution in [3.8, 4) is 0 Å². The first-order valence-electron chi connectivity index (χ1n) is 4.05. The van der Waals surface area contributed by atoms with Crippen LogP contribution in [0.3, 0.4) is 0 Å². The zero-order valence-corrected chi connectivity index (χ0v) is 7.36. The number of hydrogen-bond acceptors (Lipinski definition) is 3. The second-order valence-corrected chi connectivity index (χ2v) is 2.97. The largest absolute Gasteiger partial charge is 0.322 e. The molecule has 5 nitrogen and oxygen atoms in total. The summed E-state index contributed by atoms with van der Waals surface area (Å²) in [5.41, 5.74) is -0.669. The van der Waals surface area contributed by atoms with Crippen LogP contribution >= 0.6 is 0 Å². The molecule has 1 heterocycles. The van der Waals surface area contributed by atoms with Crippen molar-refractivity contribution in [3.63, 3.8) is 0 Å². The van der Waals surface area contributed by atoms with E-state index in [4.69, 9.17) is 0 Å². The first kappa shape index (κ1) is 9.32. The van der Waals surface area contributed by atoms with Gasteiger partial charge in [0.2, 0.25) is 5.56 Å². The second-order valence-electron chi connectivity index (χ2n) is 2.97. The Morgan fingerprint density at radius 1 is 1.33 bits per heavy atom. The maximum absolute atomic E-state index is 13.0. The van der Waals surface area contributed by atoms with Crippen LogP contribution in [0.4, 0.5) is 10.1 Å². The summed E-state index contributed by atoms with van der Waals surface area (Å²) in [5, 5.41) is 10.8. The highest BCUT2D eigenvalue weighted by molar-refractivity contribution is 5.87. The molecular weight excluding hydrogens is 203 g/mol.